The first-order valence-electron chi connectivity index (χ1n) is 12.6. The van der Waals surface area contributed by atoms with Gasteiger partial charge in [-0.25, -0.2) is 9.18 Å². The molecule has 1 saturated heterocycles. The van der Waals surface area contributed by atoms with Gasteiger partial charge < -0.3 is 25.3 Å². The molecule has 0 radical (unpaired) electrons. The number of carboxylic acid groups (broad SMARTS) is 2. The number of alkyl halides is 6. The minimum Gasteiger partial charge on any atom is -0.481 e. The van der Waals surface area contributed by atoms with Crippen molar-refractivity contribution in [2.45, 2.75) is 51.1 Å². The summed E-state index contributed by atoms with van der Waals surface area (Å²) in [5.41, 5.74) is -1.85. The van der Waals surface area contributed by atoms with Gasteiger partial charge in [-0.05, 0) is 60.9 Å². The lowest BCUT2D eigenvalue weighted by Gasteiger charge is -2.40. The number of carbonyl (C=O) groups is 3. The van der Waals surface area contributed by atoms with Gasteiger partial charge in [-0.1, -0.05) is 6.07 Å². The van der Waals surface area contributed by atoms with Gasteiger partial charge >= 0.3 is 30.3 Å². The van der Waals surface area contributed by atoms with E-state index >= 15 is 0 Å². The number of aliphatic carboxylic acids is 2. The lowest BCUT2D eigenvalue weighted by atomic mass is 9.98. The molecule has 2 aromatic rings. The van der Waals surface area contributed by atoms with Crippen LogP contribution in [0.3, 0.4) is 0 Å². The van der Waals surface area contributed by atoms with Crippen LogP contribution in [0.2, 0.25) is 0 Å². The highest BCUT2D eigenvalue weighted by molar-refractivity contribution is 5.76. The Hall–Kier alpha value is -3.88. The van der Waals surface area contributed by atoms with E-state index in [1.54, 1.807) is 13.0 Å². The monoisotopic (exact) mass is 609 g/mol. The average molecular weight is 610 g/mol. The van der Waals surface area contributed by atoms with Crippen LogP contribution in [0.15, 0.2) is 36.4 Å². The number of carboxylic acids is 2. The molecule has 2 atom stereocenters. The SMILES string of the molecule is Cc1cc(F)ccc1C1CNCCN1C(=O)N(C)[C@H](C)c1cc(C(F)(F)F)cc(C(F)(F)F)c1.O=C(O)CCC(=O)O. The molecule has 1 aliphatic rings. The van der Waals surface area contributed by atoms with E-state index in [4.69, 9.17) is 10.2 Å². The van der Waals surface area contributed by atoms with Crippen molar-refractivity contribution in [2.24, 2.45) is 0 Å². The van der Waals surface area contributed by atoms with Gasteiger partial charge in [-0.3, -0.25) is 9.59 Å². The molecule has 232 valence electrons. The van der Waals surface area contributed by atoms with Crippen molar-refractivity contribution >= 4 is 18.0 Å². The Morgan fingerprint density at radius 3 is 1.95 bits per heavy atom. The van der Waals surface area contributed by atoms with Gasteiger partial charge in [0.1, 0.15) is 5.82 Å². The predicted octanol–water partition coefficient (Wildman–Crippen LogP) is 5.87. The summed E-state index contributed by atoms with van der Waals surface area (Å²) >= 11 is 0. The van der Waals surface area contributed by atoms with Gasteiger partial charge in [0.25, 0.3) is 0 Å². The van der Waals surface area contributed by atoms with E-state index in [2.05, 4.69) is 5.32 Å². The highest BCUT2D eigenvalue weighted by Crippen LogP contribution is 2.38. The number of halogens is 7. The quantitative estimate of drug-likeness (QED) is 0.354. The van der Waals surface area contributed by atoms with Gasteiger partial charge in [0.2, 0.25) is 0 Å². The first-order valence-corrected chi connectivity index (χ1v) is 12.6. The Morgan fingerprint density at radius 2 is 1.50 bits per heavy atom. The molecular formula is C27H30F7N3O5. The zero-order valence-electron chi connectivity index (χ0n) is 22.8. The van der Waals surface area contributed by atoms with Crippen molar-refractivity contribution in [1.82, 2.24) is 15.1 Å². The van der Waals surface area contributed by atoms with Crippen LogP contribution in [0, 0.1) is 12.7 Å². The Balaban J connectivity index is 0.000000675. The fourth-order valence-corrected chi connectivity index (χ4v) is 4.25. The fourth-order valence-electron chi connectivity index (χ4n) is 4.25. The summed E-state index contributed by atoms with van der Waals surface area (Å²) in [4.78, 5) is 35.2. The van der Waals surface area contributed by atoms with Crippen molar-refractivity contribution in [3.05, 3.63) is 70.0 Å². The normalized spacial score (nSPS) is 16.2. The van der Waals surface area contributed by atoms with Crippen LogP contribution in [-0.2, 0) is 21.9 Å². The molecule has 1 unspecified atom stereocenters. The van der Waals surface area contributed by atoms with Gasteiger partial charge in [-0.15, -0.1) is 0 Å². The number of nitrogens with one attached hydrogen (secondary N) is 1. The predicted molar refractivity (Wildman–Crippen MR) is 136 cm³/mol. The Labute approximate surface area is 236 Å². The van der Waals surface area contributed by atoms with Crippen molar-refractivity contribution < 1.29 is 55.3 Å². The molecular weight excluding hydrogens is 579 g/mol. The van der Waals surface area contributed by atoms with Crippen LogP contribution >= 0.6 is 0 Å². The third kappa shape index (κ3) is 9.33. The third-order valence-electron chi connectivity index (χ3n) is 6.61. The minimum absolute atomic E-state index is 0.0572. The van der Waals surface area contributed by atoms with Gasteiger partial charge in [0, 0.05) is 26.7 Å². The van der Waals surface area contributed by atoms with E-state index in [9.17, 15) is 45.1 Å². The van der Waals surface area contributed by atoms with E-state index in [-0.39, 0.29) is 31.0 Å². The topological polar surface area (TPSA) is 110 Å². The number of rotatable bonds is 6. The number of nitrogens with zero attached hydrogens (tertiary/aromatic N) is 2. The molecule has 3 rings (SSSR count). The van der Waals surface area contributed by atoms with E-state index in [1.165, 1.54) is 31.0 Å². The number of urea groups is 1. The maximum absolute atomic E-state index is 13.6. The summed E-state index contributed by atoms with van der Waals surface area (Å²) in [6.07, 6.45) is -10.6. The zero-order valence-corrected chi connectivity index (χ0v) is 22.8. The zero-order chi connectivity index (χ0) is 32.0. The van der Waals surface area contributed by atoms with E-state index in [1.807, 2.05) is 0 Å². The summed E-state index contributed by atoms with van der Waals surface area (Å²) in [7, 11) is 1.33. The second-order valence-corrected chi connectivity index (χ2v) is 9.61. The van der Waals surface area contributed by atoms with Crippen LogP contribution in [0.25, 0.3) is 0 Å². The van der Waals surface area contributed by atoms with Crippen LogP contribution in [0.1, 0.15) is 59.7 Å². The van der Waals surface area contributed by atoms with Crippen LogP contribution < -0.4 is 5.32 Å². The Bertz CT molecular complexity index is 1240. The highest BCUT2D eigenvalue weighted by Gasteiger charge is 2.38. The third-order valence-corrected chi connectivity index (χ3v) is 6.61. The smallest absolute Gasteiger partial charge is 0.416 e. The van der Waals surface area contributed by atoms with Gasteiger partial charge in [0.05, 0.1) is 36.1 Å². The highest BCUT2D eigenvalue weighted by atomic mass is 19.4. The molecule has 2 aromatic carbocycles. The van der Waals surface area contributed by atoms with Crippen molar-refractivity contribution in [3.8, 4) is 0 Å². The van der Waals surface area contributed by atoms with E-state index in [0.29, 0.717) is 36.3 Å². The molecule has 42 heavy (non-hydrogen) atoms. The number of hydrogen-bond acceptors (Lipinski definition) is 4. The molecule has 0 aliphatic carbocycles. The maximum Gasteiger partial charge on any atom is 0.416 e. The molecule has 0 spiro atoms. The van der Waals surface area contributed by atoms with Gasteiger partial charge in [0.15, 0.2) is 0 Å². The molecule has 8 nitrogen and oxygen atoms in total. The van der Waals surface area contributed by atoms with Crippen LogP contribution in [0.4, 0.5) is 35.5 Å². The largest absolute Gasteiger partial charge is 0.481 e. The van der Waals surface area contributed by atoms with Crippen molar-refractivity contribution in [1.29, 1.82) is 0 Å². The molecule has 2 amide bonds. The molecule has 0 saturated carbocycles. The fraction of sp³-hybridized carbons (Fsp3) is 0.444. The van der Waals surface area contributed by atoms with Crippen molar-refractivity contribution in [2.75, 3.05) is 26.7 Å². The number of aryl methyl sites for hydroxylation is 1. The molecule has 15 heteroatoms. The van der Waals surface area contributed by atoms with E-state index in [0.717, 1.165) is 4.90 Å². The first-order chi connectivity index (χ1) is 19.3. The first kappa shape index (κ1) is 34.3. The summed E-state index contributed by atoms with van der Waals surface area (Å²) in [6.45, 7) is 4.14. The maximum atomic E-state index is 13.6. The Kier molecular flexibility index (Phi) is 11.3. The number of hydrogen-bond donors (Lipinski definition) is 3. The summed E-state index contributed by atoms with van der Waals surface area (Å²) in [6, 6.07) is 3.36. The summed E-state index contributed by atoms with van der Waals surface area (Å²) in [5.74, 6) is -2.58. The molecule has 0 bridgehead atoms. The number of benzene rings is 2. The number of amides is 2. The standard InChI is InChI=1S/C23H24F7N3O.C4H6O4/c1-13-8-18(24)4-5-19(13)20-12-31-6-7-33(20)21(34)32(3)14(2)15-9-16(22(25,26)27)11-17(10-15)23(28,29)30;5-3(6)1-2-4(7)8/h4-5,8-11,14,20,31H,6-7,12H2,1-3H3;1-2H2,(H,5,6)(H,7,8)/t14-,20?;/m1./s1. The molecule has 1 heterocycles. The summed E-state index contributed by atoms with van der Waals surface area (Å²) in [5, 5.41) is 18.9. The molecule has 1 aliphatic heterocycles. The molecule has 1 fully saturated rings. The van der Waals surface area contributed by atoms with Gasteiger partial charge in [-0.2, -0.15) is 26.3 Å². The summed E-state index contributed by atoms with van der Waals surface area (Å²) < 4.78 is 93.2. The minimum atomic E-state index is -4.98. The molecule has 3 N–H and O–H groups in total. The lowest BCUT2D eigenvalue weighted by Crippen LogP contribution is -2.52. The molecule has 0 aromatic heterocycles. The van der Waals surface area contributed by atoms with Crippen molar-refractivity contribution in [3.63, 3.8) is 0 Å². The van der Waals surface area contributed by atoms with E-state index < -0.39 is 59.4 Å². The number of piperazine rings is 1. The average Bonchev–Trinajstić information content (AvgIpc) is 2.90. The van der Waals surface area contributed by atoms with Crippen LogP contribution in [-0.4, -0.2) is 64.7 Å². The second kappa shape index (κ2) is 13.9. The second-order valence-electron chi connectivity index (χ2n) is 9.61. The Morgan fingerprint density at radius 1 is 0.976 bits per heavy atom. The van der Waals surface area contributed by atoms with Crippen LogP contribution in [0.5, 0.6) is 0 Å². The number of carbonyl (C=O) groups excluding carboxylic acids is 1. The lowest BCUT2D eigenvalue weighted by molar-refractivity contribution is -0.143.